The number of nitrogens with zero attached hydrogens (tertiary/aromatic N) is 3. The van der Waals surface area contributed by atoms with Crippen LogP contribution in [0.15, 0.2) is 93.9 Å². The predicted molar refractivity (Wildman–Crippen MR) is 138 cm³/mol. The molecule has 0 fully saturated rings. The summed E-state index contributed by atoms with van der Waals surface area (Å²) in [5.41, 5.74) is 0.395. The zero-order valence-electron chi connectivity index (χ0n) is 19.8. The zero-order chi connectivity index (χ0) is 27.0. The predicted octanol–water partition coefficient (Wildman–Crippen LogP) is 2.99. The molecule has 2 heterocycles. The number of allylic oxidation sites excluding steroid dienone is 1. The lowest BCUT2D eigenvalue weighted by Crippen LogP contribution is -2.40. The molecule has 0 spiro atoms. The molecule has 1 aliphatic rings. The molecule has 0 saturated carbocycles. The lowest BCUT2D eigenvalue weighted by Gasteiger charge is -2.25. The number of thiazole rings is 1. The number of hydrogen-bond donors (Lipinski definition) is 1. The SMILES string of the molecule is CC1=C(C(=O)Nc2ccccc2)[C@@H](c2ccc(F)cc2)n2c(s/c(=C/c3cccc([N+](=O)[O-])c3[O-])c2=O)=N1. The van der Waals surface area contributed by atoms with E-state index in [2.05, 4.69) is 10.3 Å². The van der Waals surface area contributed by atoms with E-state index in [0.29, 0.717) is 16.9 Å². The molecule has 11 heteroatoms. The maximum Gasteiger partial charge on any atom is 0.271 e. The van der Waals surface area contributed by atoms with Crippen LogP contribution in [0, 0.1) is 15.9 Å². The van der Waals surface area contributed by atoms with Gasteiger partial charge in [-0.2, -0.15) is 0 Å². The number of nitro groups is 1. The Labute approximate surface area is 218 Å². The number of benzene rings is 3. The molecular formula is C27H18FN4O5S-. The summed E-state index contributed by atoms with van der Waals surface area (Å²) in [5, 5.41) is 26.6. The van der Waals surface area contributed by atoms with E-state index in [1.54, 1.807) is 37.3 Å². The van der Waals surface area contributed by atoms with Crippen LogP contribution in [-0.2, 0) is 4.79 Å². The Balaban J connectivity index is 1.69. The van der Waals surface area contributed by atoms with E-state index in [9.17, 15) is 29.2 Å². The molecule has 9 nitrogen and oxygen atoms in total. The summed E-state index contributed by atoms with van der Waals surface area (Å²) in [5.74, 6) is -1.79. The van der Waals surface area contributed by atoms with Gasteiger partial charge in [-0.05, 0) is 54.1 Å². The number of amides is 1. The topological polar surface area (TPSA) is 130 Å². The van der Waals surface area contributed by atoms with Crippen LogP contribution in [0.25, 0.3) is 6.08 Å². The molecule has 3 aromatic carbocycles. The monoisotopic (exact) mass is 529 g/mol. The van der Waals surface area contributed by atoms with Gasteiger partial charge < -0.3 is 10.4 Å². The molecule has 1 aromatic heterocycles. The Bertz CT molecular complexity index is 1790. The van der Waals surface area contributed by atoms with E-state index in [0.717, 1.165) is 17.4 Å². The fourth-order valence-electron chi connectivity index (χ4n) is 4.23. The van der Waals surface area contributed by atoms with E-state index in [4.69, 9.17) is 0 Å². The summed E-state index contributed by atoms with van der Waals surface area (Å²) in [6.07, 6.45) is 1.28. The van der Waals surface area contributed by atoms with Crippen LogP contribution in [0.5, 0.6) is 5.75 Å². The van der Waals surface area contributed by atoms with Crippen LogP contribution in [-0.4, -0.2) is 15.4 Å². The fourth-order valence-corrected chi connectivity index (χ4v) is 5.27. The maximum absolute atomic E-state index is 13.8. The van der Waals surface area contributed by atoms with Crippen molar-refractivity contribution in [2.75, 3.05) is 5.32 Å². The average molecular weight is 530 g/mol. The van der Waals surface area contributed by atoms with Crippen molar-refractivity contribution in [2.45, 2.75) is 13.0 Å². The number of halogens is 1. The summed E-state index contributed by atoms with van der Waals surface area (Å²) in [7, 11) is 0. The summed E-state index contributed by atoms with van der Waals surface area (Å²) in [4.78, 5) is 42.3. The quantitative estimate of drug-likeness (QED) is 0.314. The van der Waals surface area contributed by atoms with Crippen LogP contribution >= 0.6 is 11.3 Å². The number of carbonyl (C=O) groups is 1. The standard InChI is InChI=1S/C27H19FN4O5S/c1-15-22(25(34)30-19-7-3-2-4-8-19)23(16-10-12-18(28)13-11-16)31-26(35)21(38-27(31)29-15)14-17-6-5-9-20(24(17)33)32(36)37/h2-14,23,33H,1H3,(H,30,34)/p-1/b21-14+/t23-/m1/s1. The van der Waals surface area contributed by atoms with Gasteiger partial charge in [0.25, 0.3) is 17.2 Å². The number of nitrogens with one attached hydrogen (secondary N) is 1. The summed E-state index contributed by atoms with van der Waals surface area (Å²) >= 11 is 0.982. The highest BCUT2D eigenvalue weighted by Crippen LogP contribution is 2.31. The molecular weight excluding hydrogens is 511 g/mol. The van der Waals surface area contributed by atoms with Gasteiger partial charge in [-0.3, -0.25) is 24.3 Å². The van der Waals surface area contributed by atoms with E-state index >= 15 is 0 Å². The molecule has 0 aliphatic carbocycles. The van der Waals surface area contributed by atoms with Crippen molar-refractivity contribution in [3.05, 3.63) is 131 Å². The summed E-state index contributed by atoms with van der Waals surface area (Å²) in [6, 6.07) is 17.1. The molecule has 1 N–H and O–H groups in total. The molecule has 1 atom stereocenters. The Morgan fingerprint density at radius 1 is 1.11 bits per heavy atom. The second-order valence-electron chi connectivity index (χ2n) is 8.41. The van der Waals surface area contributed by atoms with Crippen LogP contribution in [0.1, 0.15) is 24.1 Å². The summed E-state index contributed by atoms with van der Waals surface area (Å²) < 4.78 is 15.2. The zero-order valence-corrected chi connectivity index (χ0v) is 20.6. The number of para-hydroxylation sites is 2. The van der Waals surface area contributed by atoms with Crippen LogP contribution < -0.4 is 25.3 Å². The Kier molecular flexibility index (Phi) is 6.43. The first-order chi connectivity index (χ1) is 18.2. The van der Waals surface area contributed by atoms with Crippen molar-refractivity contribution in [2.24, 2.45) is 4.99 Å². The number of fused-ring (bicyclic) bond motifs is 1. The smallest absolute Gasteiger partial charge is 0.271 e. The van der Waals surface area contributed by atoms with Crippen LogP contribution in [0.3, 0.4) is 0 Å². The first-order valence-corrected chi connectivity index (χ1v) is 12.1. The summed E-state index contributed by atoms with van der Waals surface area (Å²) in [6.45, 7) is 1.64. The van der Waals surface area contributed by atoms with Gasteiger partial charge in [0.2, 0.25) is 0 Å². The molecule has 4 aromatic rings. The molecule has 5 rings (SSSR count). The van der Waals surface area contributed by atoms with Gasteiger partial charge >= 0.3 is 0 Å². The minimum atomic E-state index is -0.936. The number of carbonyl (C=O) groups excluding carboxylic acids is 1. The van der Waals surface area contributed by atoms with E-state index in [-0.39, 0.29) is 20.5 Å². The van der Waals surface area contributed by atoms with Crippen molar-refractivity contribution in [3.8, 4) is 5.75 Å². The number of hydrogen-bond acceptors (Lipinski definition) is 7. The van der Waals surface area contributed by atoms with Crippen molar-refractivity contribution in [1.82, 2.24) is 4.57 Å². The third-order valence-electron chi connectivity index (χ3n) is 5.99. The number of rotatable bonds is 5. The van der Waals surface area contributed by atoms with Crippen LogP contribution in [0.4, 0.5) is 15.8 Å². The van der Waals surface area contributed by atoms with Gasteiger partial charge in [-0.1, -0.05) is 53.8 Å². The van der Waals surface area contributed by atoms with E-state index in [1.165, 1.54) is 47.0 Å². The minimum absolute atomic E-state index is 0.0273. The number of nitro benzene ring substituents is 1. The molecule has 0 saturated heterocycles. The van der Waals surface area contributed by atoms with Gasteiger partial charge in [0.1, 0.15) is 5.82 Å². The van der Waals surface area contributed by atoms with Crippen molar-refractivity contribution in [1.29, 1.82) is 0 Å². The molecule has 0 radical (unpaired) electrons. The second kappa shape index (κ2) is 9.87. The largest absolute Gasteiger partial charge is 0.867 e. The van der Waals surface area contributed by atoms with Crippen molar-refractivity contribution < 1.29 is 19.2 Å². The molecule has 190 valence electrons. The highest BCUT2D eigenvalue weighted by molar-refractivity contribution is 7.07. The first-order valence-electron chi connectivity index (χ1n) is 11.3. The molecule has 0 unspecified atom stereocenters. The number of aromatic nitrogens is 1. The highest BCUT2D eigenvalue weighted by Gasteiger charge is 2.32. The van der Waals surface area contributed by atoms with Gasteiger partial charge in [-0.25, -0.2) is 9.38 Å². The van der Waals surface area contributed by atoms with Crippen molar-refractivity contribution in [3.63, 3.8) is 0 Å². The normalized spacial score (nSPS) is 15.1. The number of anilines is 1. The van der Waals surface area contributed by atoms with Gasteiger partial charge in [0.15, 0.2) is 4.80 Å². The van der Waals surface area contributed by atoms with Crippen LogP contribution in [0.2, 0.25) is 0 Å². The van der Waals surface area contributed by atoms with Gasteiger partial charge in [-0.15, -0.1) is 0 Å². The lowest BCUT2D eigenvalue weighted by atomic mass is 9.95. The highest BCUT2D eigenvalue weighted by atomic mass is 32.1. The van der Waals surface area contributed by atoms with Crippen molar-refractivity contribution >= 4 is 34.7 Å². The molecule has 38 heavy (non-hydrogen) atoms. The Morgan fingerprint density at radius 3 is 2.50 bits per heavy atom. The third-order valence-corrected chi connectivity index (χ3v) is 6.97. The lowest BCUT2D eigenvalue weighted by molar-refractivity contribution is -0.398. The third kappa shape index (κ3) is 4.50. The molecule has 0 bridgehead atoms. The Hall–Kier alpha value is -4.90. The van der Waals surface area contributed by atoms with E-state index in [1.807, 2.05) is 0 Å². The van der Waals surface area contributed by atoms with E-state index < -0.39 is 39.7 Å². The molecule has 1 aliphatic heterocycles. The Morgan fingerprint density at radius 2 is 1.82 bits per heavy atom. The maximum atomic E-state index is 13.8. The first kappa shape index (κ1) is 24.8. The average Bonchev–Trinajstić information content (AvgIpc) is 3.19. The molecule has 1 amide bonds. The fraction of sp³-hybridized carbons (Fsp3) is 0.0741. The second-order valence-corrected chi connectivity index (χ2v) is 9.42. The van der Waals surface area contributed by atoms with Gasteiger partial charge in [0, 0.05) is 11.8 Å². The van der Waals surface area contributed by atoms with Gasteiger partial charge in [0.05, 0.1) is 26.8 Å². The minimum Gasteiger partial charge on any atom is -0.867 e.